The fraction of sp³-hybridized carbons (Fsp3) is 0.875. The first-order valence-corrected chi connectivity index (χ1v) is 4.31. The number of halogens is 1. The van der Waals surface area contributed by atoms with E-state index < -0.39 is 0 Å². The lowest BCUT2D eigenvalue weighted by Gasteiger charge is -2.08. The number of hydrogen-bond donors (Lipinski definition) is 1. The van der Waals surface area contributed by atoms with Crippen LogP contribution in [-0.4, -0.2) is 38.4 Å². The summed E-state index contributed by atoms with van der Waals surface area (Å²) in [5.74, 6) is -0.274. The van der Waals surface area contributed by atoms with Crippen LogP contribution in [0.3, 0.4) is 0 Å². The minimum Gasteiger partial charge on any atom is -0.464 e. The maximum absolute atomic E-state index is 10.8. The van der Waals surface area contributed by atoms with E-state index in [0.717, 1.165) is 19.5 Å². The summed E-state index contributed by atoms with van der Waals surface area (Å²) in [5.41, 5.74) is 0. The van der Waals surface area contributed by atoms with Gasteiger partial charge in [0.2, 0.25) is 0 Å². The van der Waals surface area contributed by atoms with E-state index in [9.17, 15) is 4.79 Å². The lowest BCUT2D eigenvalue weighted by molar-refractivity contribution is -0.150. The molecule has 1 saturated heterocycles. The van der Waals surface area contributed by atoms with E-state index >= 15 is 0 Å². The average molecular weight is 210 g/mol. The summed E-state index contributed by atoms with van der Waals surface area (Å²) < 4.78 is 10.00. The number of ether oxygens (including phenoxy) is 2. The van der Waals surface area contributed by atoms with Crippen LogP contribution in [-0.2, 0) is 14.3 Å². The lowest BCUT2D eigenvalue weighted by Crippen LogP contribution is -2.21. The molecule has 0 saturated carbocycles. The first kappa shape index (κ1) is 12.7. The van der Waals surface area contributed by atoms with Gasteiger partial charge in [-0.05, 0) is 19.9 Å². The Morgan fingerprint density at radius 3 is 2.92 bits per heavy atom. The molecule has 5 heteroatoms. The zero-order valence-electron chi connectivity index (χ0n) is 7.75. The summed E-state index contributed by atoms with van der Waals surface area (Å²) in [6, 6.07) is 0. The molecule has 0 spiro atoms. The topological polar surface area (TPSA) is 47.6 Å². The maximum atomic E-state index is 10.8. The monoisotopic (exact) mass is 209 g/mol. The van der Waals surface area contributed by atoms with Crippen molar-refractivity contribution in [1.82, 2.24) is 5.32 Å². The molecule has 1 heterocycles. The van der Waals surface area contributed by atoms with E-state index in [1.165, 1.54) is 0 Å². The molecule has 13 heavy (non-hydrogen) atoms. The number of carbonyl (C=O) groups excluding carboxylic acids is 1. The van der Waals surface area contributed by atoms with Crippen LogP contribution in [0, 0.1) is 0 Å². The van der Waals surface area contributed by atoms with Crippen LogP contribution in [0.25, 0.3) is 0 Å². The predicted molar refractivity (Wildman–Crippen MR) is 51.1 cm³/mol. The van der Waals surface area contributed by atoms with Crippen molar-refractivity contribution in [1.29, 1.82) is 0 Å². The molecule has 0 unspecified atom stereocenters. The van der Waals surface area contributed by atoms with Gasteiger partial charge in [-0.25, -0.2) is 4.79 Å². The van der Waals surface area contributed by atoms with Crippen molar-refractivity contribution in [3.8, 4) is 0 Å². The van der Waals surface area contributed by atoms with Gasteiger partial charge in [0.25, 0.3) is 0 Å². The number of esters is 1. The van der Waals surface area contributed by atoms with Gasteiger partial charge < -0.3 is 14.8 Å². The fourth-order valence-corrected chi connectivity index (χ4v) is 1.16. The van der Waals surface area contributed by atoms with Crippen LogP contribution >= 0.6 is 12.4 Å². The molecule has 0 radical (unpaired) electrons. The van der Waals surface area contributed by atoms with E-state index in [4.69, 9.17) is 9.47 Å². The highest BCUT2D eigenvalue weighted by Crippen LogP contribution is 2.02. The van der Waals surface area contributed by atoms with Crippen LogP contribution in [0.2, 0.25) is 0 Å². The van der Waals surface area contributed by atoms with E-state index in [0.29, 0.717) is 6.61 Å². The van der Waals surface area contributed by atoms with Gasteiger partial charge in [-0.15, -0.1) is 12.4 Å². The van der Waals surface area contributed by atoms with E-state index in [1.807, 2.05) is 0 Å². The summed E-state index contributed by atoms with van der Waals surface area (Å²) in [6.07, 6.45) is 1.17. The fourth-order valence-electron chi connectivity index (χ4n) is 1.16. The second-order valence-electron chi connectivity index (χ2n) is 2.73. The summed E-state index contributed by atoms with van der Waals surface area (Å²) >= 11 is 0. The van der Waals surface area contributed by atoms with Gasteiger partial charge in [-0.2, -0.15) is 0 Å². The van der Waals surface area contributed by atoms with Crippen molar-refractivity contribution in [2.75, 3.05) is 26.3 Å². The van der Waals surface area contributed by atoms with Crippen molar-refractivity contribution in [2.45, 2.75) is 19.4 Å². The zero-order valence-corrected chi connectivity index (χ0v) is 8.56. The van der Waals surface area contributed by atoms with Crippen LogP contribution in [0.5, 0.6) is 0 Å². The maximum Gasteiger partial charge on any atom is 0.332 e. The van der Waals surface area contributed by atoms with Crippen LogP contribution < -0.4 is 5.32 Å². The van der Waals surface area contributed by atoms with Gasteiger partial charge >= 0.3 is 5.97 Å². The number of carbonyl (C=O) groups is 1. The van der Waals surface area contributed by atoms with Gasteiger partial charge in [0.05, 0.1) is 12.7 Å². The lowest BCUT2D eigenvalue weighted by atomic mass is 10.3. The highest BCUT2D eigenvalue weighted by molar-refractivity contribution is 5.85. The second kappa shape index (κ2) is 7.12. The van der Waals surface area contributed by atoms with Crippen molar-refractivity contribution < 1.29 is 14.3 Å². The van der Waals surface area contributed by atoms with Gasteiger partial charge in [-0.1, -0.05) is 0 Å². The normalized spacial score (nSPS) is 20.8. The smallest absolute Gasteiger partial charge is 0.332 e. The van der Waals surface area contributed by atoms with Gasteiger partial charge in [0, 0.05) is 6.54 Å². The summed E-state index contributed by atoms with van der Waals surface area (Å²) in [7, 11) is 0. The summed E-state index contributed by atoms with van der Waals surface area (Å²) in [5, 5.41) is 3.15. The molecule has 1 atom stereocenters. The number of nitrogens with one attached hydrogen (secondary N) is 1. The van der Waals surface area contributed by atoms with Gasteiger partial charge in [0.1, 0.15) is 6.61 Å². The quantitative estimate of drug-likeness (QED) is 0.679. The molecular formula is C8H16ClNO3. The number of rotatable bonds is 4. The van der Waals surface area contributed by atoms with Crippen molar-refractivity contribution in [3.05, 3.63) is 0 Å². The van der Waals surface area contributed by atoms with Gasteiger partial charge in [-0.3, -0.25) is 0 Å². The van der Waals surface area contributed by atoms with E-state index in [1.54, 1.807) is 6.92 Å². The van der Waals surface area contributed by atoms with E-state index in [2.05, 4.69) is 5.32 Å². The Morgan fingerprint density at radius 2 is 2.38 bits per heavy atom. The minimum atomic E-state index is -0.274. The average Bonchev–Trinajstić information content (AvgIpc) is 2.53. The molecule has 1 aliphatic heterocycles. The van der Waals surface area contributed by atoms with Gasteiger partial charge in [0.15, 0.2) is 0 Å². The Labute approximate surface area is 84.4 Å². The molecule has 78 valence electrons. The van der Waals surface area contributed by atoms with Crippen molar-refractivity contribution in [2.24, 2.45) is 0 Å². The van der Waals surface area contributed by atoms with Crippen LogP contribution in [0.4, 0.5) is 0 Å². The molecular weight excluding hydrogens is 194 g/mol. The van der Waals surface area contributed by atoms with Crippen LogP contribution in [0.15, 0.2) is 0 Å². The molecule has 1 aliphatic rings. The molecule has 1 N–H and O–H groups in total. The first-order chi connectivity index (χ1) is 5.83. The molecule has 1 fully saturated rings. The predicted octanol–water partition coefficient (Wildman–Crippen LogP) is 0.350. The third kappa shape index (κ3) is 5.08. The third-order valence-corrected chi connectivity index (χ3v) is 1.76. The number of hydrogen-bond acceptors (Lipinski definition) is 4. The molecule has 1 rings (SSSR count). The Kier molecular flexibility index (Phi) is 6.94. The minimum absolute atomic E-state index is 0. The third-order valence-electron chi connectivity index (χ3n) is 1.76. The zero-order chi connectivity index (χ0) is 8.81. The summed E-state index contributed by atoms with van der Waals surface area (Å²) in [6.45, 7) is 4.12. The molecule has 0 aliphatic carbocycles. The molecule has 0 amide bonds. The van der Waals surface area contributed by atoms with Crippen molar-refractivity contribution in [3.63, 3.8) is 0 Å². The molecule has 0 aromatic rings. The molecule has 0 aromatic carbocycles. The molecule has 4 nitrogen and oxygen atoms in total. The van der Waals surface area contributed by atoms with Crippen LogP contribution in [0.1, 0.15) is 13.3 Å². The Bertz CT molecular complexity index is 148. The SMILES string of the molecule is CCOC(=O)CO[C@@H]1CCNC1.Cl. The standard InChI is InChI=1S/C8H15NO3.ClH/c1-2-11-8(10)6-12-7-3-4-9-5-7;/h7,9H,2-6H2,1H3;1H/t7-;/m1./s1. The Hall–Kier alpha value is -0.320. The highest BCUT2D eigenvalue weighted by Gasteiger charge is 2.16. The molecule has 0 bridgehead atoms. The highest BCUT2D eigenvalue weighted by atomic mass is 35.5. The summed E-state index contributed by atoms with van der Waals surface area (Å²) in [4.78, 5) is 10.8. The Morgan fingerprint density at radius 1 is 1.62 bits per heavy atom. The van der Waals surface area contributed by atoms with E-state index in [-0.39, 0.29) is 31.1 Å². The largest absolute Gasteiger partial charge is 0.464 e. The first-order valence-electron chi connectivity index (χ1n) is 4.31. The molecule has 0 aromatic heterocycles. The Balaban J connectivity index is 0.00000144. The second-order valence-corrected chi connectivity index (χ2v) is 2.73. The van der Waals surface area contributed by atoms with Crippen molar-refractivity contribution >= 4 is 18.4 Å².